The van der Waals surface area contributed by atoms with E-state index in [9.17, 15) is 14.0 Å². The van der Waals surface area contributed by atoms with Gasteiger partial charge in [-0.3, -0.25) is 9.59 Å². The largest absolute Gasteiger partial charge is 0.344 e. The number of Topliss-reactive ketones (excluding diaryl/α,β-unsaturated/α-hetero) is 1. The van der Waals surface area contributed by atoms with Gasteiger partial charge in [-0.25, -0.2) is 4.39 Å². The predicted molar refractivity (Wildman–Crippen MR) is 77.2 cm³/mol. The maximum absolute atomic E-state index is 13.7. The molecule has 2 aromatic rings. The summed E-state index contributed by atoms with van der Waals surface area (Å²) in [5.74, 6) is -1.49. The summed E-state index contributed by atoms with van der Waals surface area (Å²) < 4.78 is 13.9. The Kier molecular flexibility index (Phi) is 4.63. The maximum Gasteiger partial charge on any atom is 0.254 e. The Hall–Kier alpha value is -2.01. The molecule has 1 N–H and O–H groups in total. The van der Waals surface area contributed by atoms with Crippen molar-refractivity contribution in [2.45, 2.75) is 0 Å². The van der Waals surface area contributed by atoms with E-state index in [1.807, 2.05) is 0 Å². The van der Waals surface area contributed by atoms with E-state index in [0.717, 1.165) is 0 Å². The lowest BCUT2D eigenvalue weighted by atomic mass is 10.1. The zero-order valence-electron chi connectivity index (χ0n) is 10.4. The van der Waals surface area contributed by atoms with Gasteiger partial charge in [0.25, 0.3) is 5.91 Å². The summed E-state index contributed by atoms with van der Waals surface area (Å²) in [6.07, 6.45) is 0. The Morgan fingerprint density at radius 1 is 1.05 bits per heavy atom. The van der Waals surface area contributed by atoms with E-state index in [4.69, 9.17) is 0 Å². The topological polar surface area (TPSA) is 46.2 Å². The summed E-state index contributed by atoms with van der Waals surface area (Å²) in [7, 11) is 0. The van der Waals surface area contributed by atoms with Gasteiger partial charge in [0.1, 0.15) is 5.82 Å². The lowest BCUT2D eigenvalue weighted by molar-refractivity contribution is 0.0901. The lowest BCUT2D eigenvalue weighted by Gasteiger charge is -2.06. The van der Waals surface area contributed by atoms with E-state index in [0.29, 0.717) is 5.56 Å². The second-order valence-corrected chi connectivity index (χ2v) is 4.93. The molecule has 2 rings (SSSR count). The van der Waals surface area contributed by atoms with Crippen molar-refractivity contribution in [2.24, 2.45) is 0 Å². The Balaban J connectivity index is 2.03. The second-order valence-electron chi connectivity index (χ2n) is 4.07. The average Bonchev–Trinajstić information content (AvgIpc) is 2.48. The Bertz CT molecular complexity index is 644. The molecule has 0 unspecified atom stereocenters. The van der Waals surface area contributed by atoms with Crippen LogP contribution in [0.5, 0.6) is 0 Å². The summed E-state index contributed by atoms with van der Waals surface area (Å²) >= 11 is 3.01. The molecule has 0 bridgehead atoms. The molecule has 0 aliphatic rings. The molecule has 0 aromatic heterocycles. The van der Waals surface area contributed by atoms with Crippen LogP contribution in [0, 0.1) is 5.82 Å². The molecule has 20 heavy (non-hydrogen) atoms. The minimum absolute atomic E-state index is 0.0970. The third kappa shape index (κ3) is 3.30. The number of rotatable bonds is 4. The van der Waals surface area contributed by atoms with Crippen molar-refractivity contribution in [3.63, 3.8) is 0 Å². The zero-order valence-corrected chi connectivity index (χ0v) is 12.0. The first-order valence-electron chi connectivity index (χ1n) is 5.90. The van der Waals surface area contributed by atoms with Crippen LogP contribution >= 0.6 is 15.9 Å². The number of benzene rings is 2. The van der Waals surface area contributed by atoms with Crippen LogP contribution in [0.25, 0.3) is 0 Å². The normalized spacial score (nSPS) is 10.1. The van der Waals surface area contributed by atoms with E-state index in [2.05, 4.69) is 21.2 Å². The van der Waals surface area contributed by atoms with Gasteiger partial charge in [0.15, 0.2) is 5.78 Å². The fraction of sp³-hybridized carbons (Fsp3) is 0.0667. The lowest BCUT2D eigenvalue weighted by Crippen LogP contribution is -2.30. The molecule has 0 aliphatic carbocycles. The highest BCUT2D eigenvalue weighted by Crippen LogP contribution is 2.18. The molecule has 0 saturated heterocycles. The van der Waals surface area contributed by atoms with Gasteiger partial charge < -0.3 is 5.32 Å². The zero-order chi connectivity index (χ0) is 14.5. The molecular weight excluding hydrogens is 325 g/mol. The molecular formula is C15H11BrFNO2. The Labute approximate surface area is 123 Å². The number of carbonyl (C=O) groups is 2. The van der Waals surface area contributed by atoms with Gasteiger partial charge in [0.05, 0.1) is 16.6 Å². The van der Waals surface area contributed by atoms with Crippen LogP contribution in [-0.2, 0) is 0 Å². The van der Waals surface area contributed by atoms with Crippen molar-refractivity contribution in [2.75, 3.05) is 6.54 Å². The van der Waals surface area contributed by atoms with Crippen molar-refractivity contribution < 1.29 is 14.0 Å². The number of halogens is 2. The first-order valence-corrected chi connectivity index (χ1v) is 6.69. The predicted octanol–water partition coefficient (Wildman–Crippen LogP) is 3.20. The van der Waals surface area contributed by atoms with Crippen LogP contribution in [0.4, 0.5) is 4.39 Å². The fourth-order valence-corrected chi connectivity index (χ4v) is 2.03. The molecule has 0 spiro atoms. The number of ketones is 1. The average molecular weight is 336 g/mol. The van der Waals surface area contributed by atoms with Crippen LogP contribution in [0.3, 0.4) is 0 Å². The SMILES string of the molecule is O=C(CNC(=O)c1cccc(Br)c1F)c1ccccc1. The summed E-state index contributed by atoms with van der Waals surface area (Å²) in [5.41, 5.74) is 0.405. The second kappa shape index (κ2) is 6.43. The summed E-state index contributed by atoms with van der Waals surface area (Å²) in [6.45, 7) is -0.172. The van der Waals surface area contributed by atoms with Gasteiger partial charge in [-0.1, -0.05) is 36.4 Å². The molecule has 0 atom stereocenters. The fourth-order valence-electron chi connectivity index (χ4n) is 1.66. The van der Waals surface area contributed by atoms with Crippen molar-refractivity contribution in [1.82, 2.24) is 5.32 Å². The number of amides is 1. The van der Waals surface area contributed by atoms with E-state index >= 15 is 0 Å². The number of hydrogen-bond acceptors (Lipinski definition) is 2. The van der Waals surface area contributed by atoms with Crippen molar-refractivity contribution in [1.29, 1.82) is 0 Å². The van der Waals surface area contributed by atoms with E-state index in [1.165, 1.54) is 12.1 Å². The van der Waals surface area contributed by atoms with E-state index in [-0.39, 0.29) is 22.4 Å². The molecule has 2 aromatic carbocycles. The summed E-state index contributed by atoms with van der Waals surface area (Å²) in [6, 6.07) is 13.0. The van der Waals surface area contributed by atoms with E-state index < -0.39 is 11.7 Å². The molecule has 0 heterocycles. The molecule has 1 amide bonds. The molecule has 0 radical (unpaired) electrons. The minimum Gasteiger partial charge on any atom is -0.344 e. The molecule has 3 nitrogen and oxygen atoms in total. The molecule has 0 saturated carbocycles. The molecule has 0 aliphatic heterocycles. The quantitative estimate of drug-likeness (QED) is 0.872. The molecule has 0 fully saturated rings. The van der Waals surface area contributed by atoms with Crippen LogP contribution < -0.4 is 5.32 Å². The number of hydrogen-bond donors (Lipinski definition) is 1. The first-order chi connectivity index (χ1) is 9.59. The van der Waals surface area contributed by atoms with Gasteiger partial charge >= 0.3 is 0 Å². The third-order valence-electron chi connectivity index (χ3n) is 2.70. The van der Waals surface area contributed by atoms with Gasteiger partial charge in [0, 0.05) is 5.56 Å². The van der Waals surface area contributed by atoms with Gasteiger partial charge in [-0.2, -0.15) is 0 Å². The number of nitrogens with one attached hydrogen (secondary N) is 1. The van der Waals surface area contributed by atoms with Gasteiger partial charge in [-0.05, 0) is 28.1 Å². The molecule has 5 heteroatoms. The minimum atomic E-state index is -0.642. The Morgan fingerprint density at radius 3 is 2.45 bits per heavy atom. The standard InChI is InChI=1S/C15H11BrFNO2/c16-12-8-4-7-11(14(12)17)15(20)18-9-13(19)10-5-2-1-3-6-10/h1-8H,9H2,(H,18,20). The smallest absolute Gasteiger partial charge is 0.254 e. The highest BCUT2D eigenvalue weighted by atomic mass is 79.9. The van der Waals surface area contributed by atoms with Crippen LogP contribution in [-0.4, -0.2) is 18.2 Å². The van der Waals surface area contributed by atoms with Gasteiger partial charge in [0.2, 0.25) is 0 Å². The highest BCUT2D eigenvalue weighted by molar-refractivity contribution is 9.10. The third-order valence-corrected chi connectivity index (χ3v) is 3.31. The van der Waals surface area contributed by atoms with Crippen molar-refractivity contribution in [3.8, 4) is 0 Å². The monoisotopic (exact) mass is 335 g/mol. The van der Waals surface area contributed by atoms with Crippen molar-refractivity contribution in [3.05, 3.63) is 69.9 Å². The highest BCUT2D eigenvalue weighted by Gasteiger charge is 2.15. The first kappa shape index (κ1) is 14.4. The summed E-state index contributed by atoms with van der Waals surface area (Å²) in [4.78, 5) is 23.6. The maximum atomic E-state index is 13.7. The molecule has 102 valence electrons. The van der Waals surface area contributed by atoms with Crippen LogP contribution in [0.1, 0.15) is 20.7 Å². The van der Waals surface area contributed by atoms with E-state index in [1.54, 1.807) is 36.4 Å². The Morgan fingerprint density at radius 2 is 1.75 bits per heavy atom. The van der Waals surface area contributed by atoms with Gasteiger partial charge in [-0.15, -0.1) is 0 Å². The van der Waals surface area contributed by atoms with Crippen molar-refractivity contribution >= 4 is 27.6 Å². The van der Waals surface area contributed by atoms with Crippen LogP contribution in [0.2, 0.25) is 0 Å². The van der Waals surface area contributed by atoms with Crippen LogP contribution in [0.15, 0.2) is 53.0 Å². The summed E-state index contributed by atoms with van der Waals surface area (Å²) in [5, 5.41) is 2.42. The number of carbonyl (C=O) groups excluding carboxylic acids is 2.